The molecule has 39 heavy (non-hydrogen) atoms. The lowest BCUT2D eigenvalue weighted by Crippen LogP contribution is -2.27. The topological polar surface area (TPSA) is 84.1 Å². The summed E-state index contributed by atoms with van der Waals surface area (Å²) >= 11 is 0. The lowest BCUT2D eigenvalue weighted by atomic mass is 9.86. The molecule has 1 fully saturated rings. The van der Waals surface area contributed by atoms with Gasteiger partial charge in [0.15, 0.2) is 5.82 Å². The molecule has 1 atom stereocenters. The first-order valence-corrected chi connectivity index (χ1v) is 12.5. The predicted molar refractivity (Wildman–Crippen MR) is 141 cm³/mol. The second kappa shape index (κ2) is 9.85. The Labute approximate surface area is 227 Å². The third-order valence-corrected chi connectivity index (χ3v) is 7.45. The van der Waals surface area contributed by atoms with Gasteiger partial charge in [0.1, 0.15) is 5.82 Å². The first kappa shape index (κ1) is 21.7. The third kappa shape index (κ3) is 4.15. The van der Waals surface area contributed by atoms with Crippen molar-refractivity contribution < 1.29 is 27.2 Å². The highest BCUT2D eigenvalue weighted by molar-refractivity contribution is 6.09. The first-order valence-electron chi connectivity index (χ1n) is 14.0. The van der Waals surface area contributed by atoms with Crippen LogP contribution in [0.1, 0.15) is 44.6 Å². The summed E-state index contributed by atoms with van der Waals surface area (Å²) in [5.41, 5.74) is 2.08. The molecule has 6 rings (SSSR count). The normalized spacial score (nSPS) is 16.7. The molecule has 1 saturated heterocycles. The molecule has 0 aliphatic carbocycles. The summed E-state index contributed by atoms with van der Waals surface area (Å²) in [6, 6.07) is 10.3. The number of aromatic nitrogens is 5. The van der Waals surface area contributed by atoms with Crippen molar-refractivity contribution >= 4 is 27.9 Å². The van der Waals surface area contributed by atoms with E-state index in [2.05, 4.69) is 15.3 Å². The van der Waals surface area contributed by atoms with E-state index < -0.39 is 30.5 Å². The van der Waals surface area contributed by atoms with E-state index in [9.17, 15) is 9.18 Å². The number of carbonyl (C=O) groups excluding carboxylic acids is 1. The molecule has 2 aromatic carbocycles. The van der Waals surface area contributed by atoms with E-state index in [1.807, 2.05) is 0 Å². The number of esters is 1. The second-order valence-corrected chi connectivity index (χ2v) is 9.63. The molecule has 5 aromatic rings. The molecule has 4 heterocycles. The van der Waals surface area contributed by atoms with Gasteiger partial charge >= 0.3 is 5.97 Å². The standard InChI is InChI=1S/C29H27F2N5O3/c1-16-26(35(2)34-33-16)19-14-23-25(32-15-19)22-9-8-21(29(37)38-3)24(31)28(22)36(23)27(18-10-12-39-13-11-18)17-4-6-20(30)7-5-17/h4-9,14-15,18,27H,10-13H2,1-3H3/t27-/m1/s1/i1D3. The first-order chi connectivity index (χ1) is 20.1. The predicted octanol–water partition coefficient (Wildman–Crippen LogP) is 5.37. The Morgan fingerprint density at radius 1 is 1.18 bits per heavy atom. The average Bonchev–Trinajstić information content (AvgIpc) is 3.53. The molecule has 8 nitrogen and oxygen atoms in total. The summed E-state index contributed by atoms with van der Waals surface area (Å²) in [5, 5.41) is 8.28. The minimum Gasteiger partial charge on any atom is -0.465 e. The number of fused-ring (bicyclic) bond motifs is 3. The summed E-state index contributed by atoms with van der Waals surface area (Å²) in [4.78, 5) is 17.2. The van der Waals surface area contributed by atoms with Crippen molar-refractivity contribution in [3.05, 3.63) is 77.1 Å². The van der Waals surface area contributed by atoms with E-state index in [1.165, 1.54) is 36.2 Å². The van der Waals surface area contributed by atoms with Crippen LogP contribution in [0, 0.1) is 24.4 Å². The lowest BCUT2D eigenvalue weighted by Gasteiger charge is -2.33. The van der Waals surface area contributed by atoms with Crippen molar-refractivity contribution in [2.75, 3.05) is 20.3 Å². The second-order valence-electron chi connectivity index (χ2n) is 9.63. The van der Waals surface area contributed by atoms with Crippen molar-refractivity contribution in [1.82, 2.24) is 24.5 Å². The summed E-state index contributed by atoms with van der Waals surface area (Å²) in [5.74, 6) is -2.05. The number of hydrogen-bond acceptors (Lipinski definition) is 6. The highest BCUT2D eigenvalue weighted by atomic mass is 19.1. The van der Waals surface area contributed by atoms with Crippen molar-refractivity contribution in [3.63, 3.8) is 0 Å². The van der Waals surface area contributed by atoms with E-state index in [-0.39, 0.29) is 28.4 Å². The molecule has 0 radical (unpaired) electrons. The molecule has 1 aliphatic rings. The smallest absolute Gasteiger partial charge is 0.340 e. The van der Waals surface area contributed by atoms with Gasteiger partial charge in [0.25, 0.3) is 0 Å². The van der Waals surface area contributed by atoms with Gasteiger partial charge in [-0.2, -0.15) is 0 Å². The molecule has 0 amide bonds. The van der Waals surface area contributed by atoms with Crippen molar-refractivity contribution in [1.29, 1.82) is 0 Å². The van der Waals surface area contributed by atoms with Crippen molar-refractivity contribution in [3.8, 4) is 11.3 Å². The molecule has 3 aromatic heterocycles. The zero-order valence-electron chi connectivity index (χ0n) is 24.3. The van der Waals surface area contributed by atoms with Crippen molar-refractivity contribution in [2.45, 2.75) is 25.7 Å². The number of methoxy groups -OCH3 is 1. The summed E-state index contributed by atoms with van der Waals surface area (Å²) in [6.45, 7) is -1.53. The van der Waals surface area contributed by atoms with Crippen LogP contribution in [0.5, 0.6) is 0 Å². The Bertz CT molecular complexity index is 1810. The van der Waals surface area contributed by atoms with E-state index in [0.717, 1.165) is 5.56 Å². The number of rotatable bonds is 5. The molecule has 0 unspecified atom stereocenters. The Hall–Kier alpha value is -4.18. The molecule has 0 spiro atoms. The zero-order valence-corrected chi connectivity index (χ0v) is 21.3. The van der Waals surface area contributed by atoms with Crippen LogP contribution in [-0.2, 0) is 16.5 Å². The largest absolute Gasteiger partial charge is 0.465 e. The molecule has 1 aliphatic heterocycles. The van der Waals surface area contributed by atoms with Crippen LogP contribution < -0.4 is 0 Å². The van der Waals surface area contributed by atoms with Gasteiger partial charge in [0, 0.05) is 41.5 Å². The number of benzene rings is 2. The maximum Gasteiger partial charge on any atom is 0.340 e. The number of pyridine rings is 1. The number of carbonyl (C=O) groups is 1. The maximum atomic E-state index is 16.4. The van der Waals surface area contributed by atoms with E-state index in [0.29, 0.717) is 48.0 Å². The number of halogens is 2. The van der Waals surface area contributed by atoms with Crippen LogP contribution in [0.2, 0.25) is 0 Å². The van der Waals surface area contributed by atoms with E-state index >= 15 is 4.39 Å². The van der Waals surface area contributed by atoms with Gasteiger partial charge in [-0.15, -0.1) is 5.10 Å². The number of aryl methyl sites for hydroxylation is 2. The summed E-state index contributed by atoms with van der Waals surface area (Å²) < 4.78 is 68.0. The fourth-order valence-corrected chi connectivity index (χ4v) is 5.65. The van der Waals surface area contributed by atoms with E-state index in [1.54, 1.807) is 35.9 Å². The Morgan fingerprint density at radius 2 is 1.95 bits per heavy atom. The SMILES string of the molecule is [2H]C([2H])([2H])c1nnn(C)c1-c1cnc2c3ccc(C(=O)OC)c(F)c3n([C@H](c3ccc(F)cc3)C3CCOCC3)c2c1. The minimum atomic E-state index is -2.54. The van der Waals surface area contributed by atoms with Gasteiger partial charge in [-0.05, 0) is 61.5 Å². The fraction of sp³-hybridized carbons (Fsp3) is 0.310. The van der Waals surface area contributed by atoms with Crippen LogP contribution in [-0.4, -0.2) is 50.8 Å². The highest BCUT2D eigenvalue weighted by Crippen LogP contribution is 2.42. The van der Waals surface area contributed by atoms with Gasteiger partial charge in [-0.3, -0.25) is 4.98 Å². The monoisotopic (exact) mass is 534 g/mol. The third-order valence-electron chi connectivity index (χ3n) is 7.45. The van der Waals surface area contributed by atoms with Crippen LogP contribution in [0.25, 0.3) is 33.2 Å². The Kier molecular flexibility index (Phi) is 5.48. The molecule has 200 valence electrons. The number of nitrogens with zero attached hydrogens (tertiary/aromatic N) is 5. The van der Waals surface area contributed by atoms with Gasteiger partial charge in [-0.25, -0.2) is 18.3 Å². The Morgan fingerprint density at radius 3 is 2.67 bits per heavy atom. The Balaban J connectivity index is 1.72. The fourth-order valence-electron chi connectivity index (χ4n) is 5.65. The van der Waals surface area contributed by atoms with Crippen LogP contribution in [0.3, 0.4) is 0 Å². The van der Waals surface area contributed by atoms with Crippen LogP contribution >= 0.6 is 0 Å². The molecular formula is C29H27F2N5O3. The van der Waals surface area contributed by atoms with Gasteiger partial charge in [0.05, 0.1) is 46.7 Å². The lowest BCUT2D eigenvalue weighted by molar-refractivity contribution is 0.0552. The van der Waals surface area contributed by atoms with Crippen molar-refractivity contribution in [2.24, 2.45) is 13.0 Å². The molecule has 0 bridgehead atoms. The van der Waals surface area contributed by atoms with E-state index in [4.69, 9.17) is 13.6 Å². The average molecular weight is 535 g/mol. The quantitative estimate of drug-likeness (QED) is 0.282. The zero-order chi connectivity index (χ0) is 29.8. The minimum absolute atomic E-state index is 0.0378. The molecule has 0 saturated carbocycles. The van der Waals surface area contributed by atoms with Gasteiger partial charge < -0.3 is 14.0 Å². The molecule has 10 heteroatoms. The van der Waals surface area contributed by atoms with Gasteiger partial charge in [-0.1, -0.05) is 17.3 Å². The summed E-state index contributed by atoms with van der Waals surface area (Å²) in [6.07, 6.45) is 2.82. The van der Waals surface area contributed by atoms with Crippen LogP contribution in [0.4, 0.5) is 8.78 Å². The maximum absolute atomic E-state index is 16.4. The molecular weight excluding hydrogens is 504 g/mol. The highest BCUT2D eigenvalue weighted by Gasteiger charge is 2.32. The van der Waals surface area contributed by atoms with Crippen LogP contribution in [0.15, 0.2) is 48.7 Å². The number of ether oxygens (including phenoxy) is 2. The number of hydrogen-bond donors (Lipinski definition) is 0. The molecule has 0 N–H and O–H groups in total. The van der Waals surface area contributed by atoms with Gasteiger partial charge in [0.2, 0.25) is 0 Å². The summed E-state index contributed by atoms with van der Waals surface area (Å²) in [7, 11) is 2.77.